The van der Waals surface area contributed by atoms with Crippen LogP contribution in [0.5, 0.6) is 0 Å². The smallest absolute Gasteiger partial charge is 0.107 e. The molecule has 0 saturated heterocycles. The summed E-state index contributed by atoms with van der Waals surface area (Å²) < 4.78 is 1.85. The van der Waals surface area contributed by atoms with Crippen LogP contribution in [0, 0.1) is 5.92 Å². The van der Waals surface area contributed by atoms with E-state index < -0.39 is 0 Å². The number of halogens is 2. The summed E-state index contributed by atoms with van der Waals surface area (Å²) in [6.45, 7) is 6.58. The first-order valence-corrected chi connectivity index (χ1v) is 7.72. The van der Waals surface area contributed by atoms with Gasteiger partial charge in [-0.05, 0) is 40.9 Å². The van der Waals surface area contributed by atoms with Crippen LogP contribution in [0.3, 0.4) is 0 Å². The highest BCUT2D eigenvalue weighted by Crippen LogP contribution is 2.31. The Bertz CT molecular complexity index is 292. The summed E-state index contributed by atoms with van der Waals surface area (Å²) in [6.07, 6.45) is 3.91. The Morgan fingerprint density at radius 2 is 2.19 bits per heavy atom. The van der Waals surface area contributed by atoms with Gasteiger partial charge in [0.25, 0.3) is 0 Å². The van der Waals surface area contributed by atoms with Crippen molar-refractivity contribution in [2.45, 2.75) is 39.7 Å². The second kappa shape index (κ2) is 7.70. The topological polar surface area (TPSA) is 12.0 Å². The monoisotopic (exact) mass is 323 g/mol. The Morgan fingerprint density at radius 3 is 2.75 bits per heavy atom. The average Bonchev–Trinajstić information content (AvgIpc) is 2.52. The lowest BCUT2D eigenvalue weighted by Gasteiger charge is -2.05. The van der Waals surface area contributed by atoms with Crippen LogP contribution >= 0.6 is 38.9 Å². The molecule has 0 bridgehead atoms. The summed E-state index contributed by atoms with van der Waals surface area (Å²) in [7, 11) is 0. The zero-order valence-electron chi connectivity index (χ0n) is 9.85. The van der Waals surface area contributed by atoms with Gasteiger partial charge in [-0.1, -0.05) is 38.3 Å². The fourth-order valence-corrected chi connectivity index (χ4v) is 3.25. The van der Waals surface area contributed by atoms with Crippen LogP contribution in [0.15, 0.2) is 10.5 Å². The fourth-order valence-electron chi connectivity index (χ4n) is 1.49. The standard InChI is InChI=1S/C12H19BrClNS/c1-9(2)5-3-4-6-15-8-10-7-11(13)12(14)16-10/h7,9,15H,3-6,8H2,1-2H3. The van der Waals surface area contributed by atoms with Gasteiger partial charge in [-0.25, -0.2) is 0 Å². The molecule has 0 aliphatic rings. The molecule has 0 fully saturated rings. The van der Waals surface area contributed by atoms with Crippen LogP contribution in [0.2, 0.25) is 4.34 Å². The van der Waals surface area contributed by atoms with Crippen molar-refractivity contribution in [2.24, 2.45) is 5.92 Å². The Kier molecular flexibility index (Phi) is 6.97. The van der Waals surface area contributed by atoms with E-state index in [0.29, 0.717) is 0 Å². The molecule has 16 heavy (non-hydrogen) atoms. The van der Waals surface area contributed by atoms with Crippen LogP contribution in [-0.4, -0.2) is 6.54 Å². The summed E-state index contributed by atoms with van der Waals surface area (Å²) in [4.78, 5) is 1.29. The zero-order chi connectivity index (χ0) is 12.0. The van der Waals surface area contributed by atoms with Gasteiger partial charge in [0.1, 0.15) is 4.34 Å². The Balaban J connectivity index is 2.07. The van der Waals surface area contributed by atoms with E-state index in [1.54, 1.807) is 11.3 Å². The van der Waals surface area contributed by atoms with E-state index in [4.69, 9.17) is 11.6 Å². The molecule has 1 N–H and O–H groups in total. The van der Waals surface area contributed by atoms with Crippen molar-refractivity contribution in [3.8, 4) is 0 Å². The van der Waals surface area contributed by atoms with Gasteiger partial charge in [0.2, 0.25) is 0 Å². The molecule has 0 amide bonds. The van der Waals surface area contributed by atoms with Gasteiger partial charge in [0, 0.05) is 15.9 Å². The third-order valence-corrected chi connectivity index (χ3v) is 4.86. The molecule has 1 nitrogen and oxygen atoms in total. The molecule has 1 aromatic heterocycles. The maximum Gasteiger partial charge on any atom is 0.107 e. The van der Waals surface area contributed by atoms with E-state index in [1.165, 1.54) is 24.1 Å². The summed E-state index contributed by atoms with van der Waals surface area (Å²) >= 11 is 11.0. The molecule has 4 heteroatoms. The van der Waals surface area contributed by atoms with Gasteiger partial charge in [-0.15, -0.1) is 11.3 Å². The van der Waals surface area contributed by atoms with Gasteiger partial charge in [0.05, 0.1) is 0 Å². The third-order valence-electron chi connectivity index (χ3n) is 2.38. The largest absolute Gasteiger partial charge is 0.312 e. The van der Waals surface area contributed by atoms with E-state index in [1.807, 2.05) is 0 Å². The molecule has 0 aliphatic heterocycles. The molecule has 0 unspecified atom stereocenters. The van der Waals surface area contributed by atoms with E-state index in [2.05, 4.69) is 41.2 Å². The van der Waals surface area contributed by atoms with E-state index in [-0.39, 0.29) is 0 Å². The van der Waals surface area contributed by atoms with Crippen LogP contribution in [0.1, 0.15) is 38.0 Å². The highest BCUT2D eigenvalue weighted by molar-refractivity contribution is 9.10. The Morgan fingerprint density at radius 1 is 1.44 bits per heavy atom. The van der Waals surface area contributed by atoms with Crippen molar-refractivity contribution < 1.29 is 0 Å². The first kappa shape index (κ1) is 14.5. The van der Waals surface area contributed by atoms with Crippen molar-refractivity contribution in [1.82, 2.24) is 5.32 Å². The zero-order valence-corrected chi connectivity index (χ0v) is 13.0. The molecule has 0 aliphatic carbocycles. The van der Waals surface area contributed by atoms with Crippen LogP contribution in [0.4, 0.5) is 0 Å². The molecule has 0 saturated carbocycles. The fraction of sp³-hybridized carbons (Fsp3) is 0.667. The minimum atomic E-state index is 0.826. The molecule has 0 spiro atoms. The molecular weight excluding hydrogens is 306 g/mol. The van der Waals surface area contributed by atoms with Crippen LogP contribution in [0.25, 0.3) is 0 Å². The lowest BCUT2D eigenvalue weighted by molar-refractivity contribution is 0.521. The lowest BCUT2D eigenvalue weighted by Crippen LogP contribution is -2.13. The first-order chi connectivity index (χ1) is 7.59. The Hall–Kier alpha value is 0.430. The molecule has 1 heterocycles. The molecule has 1 aromatic rings. The molecule has 0 aromatic carbocycles. The highest BCUT2D eigenvalue weighted by atomic mass is 79.9. The van der Waals surface area contributed by atoms with Crippen molar-refractivity contribution in [2.75, 3.05) is 6.54 Å². The molecule has 0 radical (unpaired) electrons. The lowest BCUT2D eigenvalue weighted by atomic mass is 10.1. The van der Waals surface area contributed by atoms with Gasteiger partial charge in [-0.3, -0.25) is 0 Å². The highest BCUT2D eigenvalue weighted by Gasteiger charge is 2.03. The number of nitrogens with one attached hydrogen (secondary N) is 1. The number of unbranched alkanes of at least 4 members (excludes halogenated alkanes) is 1. The van der Waals surface area contributed by atoms with E-state index >= 15 is 0 Å². The van der Waals surface area contributed by atoms with E-state index in [9.17, 15) is 0 Å². The Labute approximate surface area is 116 Å². The quantitative estimate of drug-likeness (QED) is 0.690. The summed E-state index contributed by atoms with van der Waals surface area (Å²) in [5.41, 5.74) is 0. The maximum absolute atomic E-state index is 5.97. The van der Waals surface area contributed by atoms with E-state index in [0.717, 1.165) is 27.8 Å². The molecular formula is C12H19BrClNS. The van der Waals surface area contributed by atoms with Gasteiger partial charge < -0.3 is 5.32 Å². The SMILES string of the molecule is CC(C)CCCCNCc1cc(Br)c(Cl)s1. The van der Waals surface area contributed by atoms with Crippen molar-refractivity contribution in [3.05, 3.63) is 19.8 Å². The van der Waals surface area contributed by atoms with Crippen LogP contribution in [-0.2, 0) is 6.54 Å². The molecule has 0 atom stereocenters. The molecule has 1 rings (SSSR count). The van der Waals surface area contributed by atoms with Gasteiger partial charge in [-0.2, -0.15) is 0 Å². The third kappa shape index (κ3) is 5.67. The minimum absolute atomic E-state index is 0.826. The average molecular weight is 325 g/mol. The number of hydrogen-bond acceptors (Lipinski definition) is 2. The first-order valence-electron chi connectivity index (χ1n) is 5.74. The molecule has 92 valence electrons. The van der Waals surface area contributed by atoms with Crippen molar-refractivity contribution in [1.29, 1.82) is 0 Å². The predicted molar refractivity (Wildman–Crippen MR) is 77.4 cm³/mol. The summed E-state index contributed by atoms with van der Waals surface area (Å²) in [5, 5.41) is 3.45. The van der Waals surface area contributed by atoms with Crippen molar-refractivity contribution in [3.63, 3.8) is 0 Å². The second-order valence-corrected chi connectivity index (χ2v) is 6.99. The second-order valence-electron chi connectivity index (χ2n) is 4.40. The predicted octanol–water partition coefficient (Wildman–Crippen LogP) is 5.08. The number of hydrogen-bond donors (Lipinski definition) is 1. The minimum Gasteiger partial charge on any atom is -0.312 e. The van der Waals surface area contributed by atoms with Crippen molar-refractivity contribution >= 4 is 38.9 Å². The normalized spacial score (nSPS) is 11.3. The summed E-state index contributed by atoms with van der Waals surface area (Å²) in [6, 6.07) is 2.09. The van der Waals surface area contributed by atoms with Gasteiger partial charge in [0.15, 0.2) is 0 Å². The number of rotatable bonds is 7. The van der Waals surface area contributed by atoms with Crippen LogP contribution < -0.4 is 5.32 Å². The number of thiophene rings is 1. The van der Waals surface area contributed by atoms with Gasteiger partial charge >= 0.3 is 0 Å². The maximum atomic E-state index is 5.97. The summed E-state index contributed by atoms with van der Waals surface area (Å²) in [5.74, 6) is 0.826.